The van der Waals surface area contributed by atoms with Crippen LogP contribution in [-0.4, -0.2) is 33.2 Å². The van der Waals surface area contributed by atoms with Crippen molar-refractivity contribution in [1.29, 1.82) is 0 Å². The molecule has 2 amide bonds. The number of nitrogens with zero attached hydrogens (tertiary/aromatic N) is 3. The number of hydrogen-bond acceptors (Lipinski definition) is 8. The summed E-state index contributed by atoms with van der Waals surface area (Å²) in [6.07, 6.45) is -1.20. The molecule has 4 heterocycles. The van der Waals surface area contributed by atoms with E-state index in [2.05, 4.69) is 15.4 Å². The Hall–Kier alpha value is -4.78. The number of fused-ring (bicyclic) bond motifs is 1. The number of amides is 2. The summed E-state index contributed by atoms with van der Waals surface area (Å²) in [7, 11) is 1.70. The van der Waals surface area contributed by atoms with E-state index in [9.17, 15) is 18.4 Å². The van der Waals surface area contributed by atoms with Gasteiger partial charge in [0, 0.05) is 24.2 Å². The van der Waals surface area contributed by atoms with Gasteiger partial charge >= 0.3 is 0 Å². The quantitative estimate of drug-likeness (QED) is 0.211. The Bertz CT molecular complexity index is 1740. The molecule has 0 spiro atoms. The molecule has 3 N–H and O–H groups in total. The molecule has 5 rings (SSSR count). The summed E-state index contributed by atoms with van der Waals surface area (Å²) in [4.78, 5) is 29.7. The smallest absolute Gasteiger partial charge is 0.291 e. The molecule has 0 aliphatic rings. The van der Waals surface area contributed by atoms with Gasteiger partial charge in [0.2, 0.25) is 0 Å². The second-order valence-electron chi connectivity index (χ2n) is 8.96. The van der Waals surface area contributed by atoms with E-state index in [-0.39, 0.29) is 27.8 Å². The number of halogens is 2. The maximum Gasteiger partial charge on any atom is 0.291 e. The summed E-state index contributed by atoms with van der Waals surface area (Å²) in [6, 6.07) is 11.3. The Morgan fingerprint density at radius 3 is 2.44 bits per heavy atom. The summed E-state index contributed by atoms with van der Waals surface area (Å²) in [5.41, 5.74) is 6.63. The van der Waals surface area contributed by atoms with E-state index in [1.54, 1.807) is 55.2 Å². The van der Waals surface area contributed by atoms with Gasteiger partial charge in [0.15, 0.2) is 5.76 Å². The normalized spacial score (nSPS) is 11.3. The molecule has 212 valence electrons. The number of benzene rings is 1. The predicted molar refractivity (Wildman–Crippen MR) is 149 cm³/mol. The Kier molecular flexibility index (Phi) is 7.70. The average Bonchev–Trinajstić information content (AvgIpc) is 3.65. The van der Waals surface area contributed by atoms with Gasteiger partial charge in [-0.25, -0.2) is 13.8 Å². The lowest BCUT2D eigenvalue weighted by Crippen LogP contribution is -2.16. The lowest BCUT2D eigenvalue weighted by atomic mass is 10.0. The van der Waals surface area contributed by atoms with Crippen LogP contribution in [0.1, 0.15) is 50.7 Å². The molecule has 10 nitrogen and oxygen atoms in total. The van der Waals surface area contributed by atoms with E-state index in [1.807, 2.05) is 6.92 Å². The Morgan fingerprint density at radius 1 is 1.12 bits per heavy atom. The summed E-state index contributed by atoms with van der Waals surface area (Å²) >= 11 is 0.817. The minimum atomic E-state index is -2.86. The van der Waals surface area contributed by atoms with Gasteiger partial charge in [-0.15, -0.1) is 11.3 Å². The first-order chi connectivity index (χ1) is 19.6. The van der Waals surface area contributed by atoms with E-state index >= 15 is 0 Å². The Labute approximate surface area is 236 Å². The van der Waals surface area contributed by atoms with Crippen molar-refractivity contribution in [3.05, 3.63) is 76.4 Å². The van der Waals surface area contributed by atoms with E-state index in [0.29, 0.717) is 40.3 Å². The number of furan rings is 1. The summed E-state index contributed by atoms with van der Waals surface area (Å²) in [6.45, 7) is 4.23. The predicted octanol–water partition coefficient (Wildman–Crippen LogP) is 5.86. The van der Waals surface area contributed by atoms with Gasteiger partial charge in [-0.2, -0.15) is 5.10 Å². The number of rotatable bonds is 10. The van der Waals surface area contributed by atoms with Crippen molar-refractivity contribution in [2.45, 2.75) is 26.9 Å². The fourth-order valence-corrected chi connectivity index (χ4v) is 5.32. The van der Waals surface area contributed by atoms with Crippen LogP contribution in [0.15, 0.2) is 53.1 Å². The lowest BCUT2D eigenvalue weighted by Gasteiger charge is -2.10. The van der Waals surface area contributed by atoms with Crippen molar-refractivity contribution in [1.82, 2.24) is 14.8 Å². The van der Waals surface area contributed by atoms with E-state index in [4.69, 9.17) is 19.6 Å². The van der Waals surface area contributed by atoms with Crippen molar-refractivity contribution in [3.63, 3.8) is 0 Å². The van der Waals surface area contributed by atoms with Crippen molar-refractivity contribution in [2.75, 3.05) is 11.9 Å². The fraction of sp³-hybridized carbons (Fsp3) is 0.214. The number of primary amides is 1. The molecular weight excluding hydrogens is 556 g/mol. The highest BCUT2D eigenvalue weighted by atomic mass is 32.1. The number of nitrogens with one attached hydrogen (secondary N) is 1. The fourth-order valence-electron chi connectivity index (χ4n) is 4.30. The highest BCUT2D eigenvalue weighted by molar-refractivity contribution is 7.21. The molecule has 0 bridgehead atoms. The standard InChI is InChI=1S/C28H25F2N5O5S/c1-4-38-15-5-7-16(8-6-15)39-13-17-9-10-21(40-17)27(37)33-23-22-18(19-12-35(3)34-14(19)2)11-20(25(29)30)32-28(22)41-24(23)26(31)36/h5-12,25H,4,13H2,1-3H3,(H2,31,36)(H,33,37). The number of aryl methyl sites for hydroxylation is 2. The number of ether oxygens (including phenoxy) is 2. The third kappa shape index (κ3) is 5.75. The Morgan fingerprint density at radius 2 is 1.83 bits per heavy atom. The molecule has 1 aromatic carbocycles. The minimum absolute atomic E-state index is 0.0410. The number of carbonyl (C=O) groups excluding carboxylic acids is 2. The number of hydrogen-bond donors (Lipinski definition) is 2. The summed E-state index contributed by atoms with van der Waals surface area (Å²) < 4.78 is 45.8. The number of nitrogens with two attached hydrogens (primary N) is 1. The molecule has 0 aliphatic carbocycles. The first-order valence-corrected chi connectivity index (χ1v) is 13.3. The van der Waals surface area contributed by atoms with Crippen LogP contribution in [0.4, 0.5) is 14.5 Å². The van der Waals surface area contributed by atoms with Crippen molar-refractivity contribution in [2.24, 2.45) is 12.8 Å². The molecular formula is C28H25F2N5O5S. The monoisotopic (exact) mass is 581 g/mol. The molecule has 13 heteroatoms. The van der Waals surface area contributed by atoms with Crippen LogP contribution in [0.5, 0.6) is 11.5 Å². The number of alkyl halides is 2. The molecule has 0 atom stereocenters. The highest BCUT2D eigenvalue weighted by Crippen LogP contribution is 2.43. The zero-order valence-electron chi connectivity index (χ0n) is 22.2. The lowest BCUT2D eigenvalue weighted by molar-refractivity contribution is 0.0992. The van der Waals surface area contributed by atoms with Crippen molar-refractivity contribution in [3.8, 4) is 22.6 Å². The van der Waals surface area contributed by atoms with Gasteiger partial charge in [0.1, 0.15) is 39.3 Å². The maximum absolute atomic E-state index is 13.7. The number of thiophene rings is 1. The molecule has 0 fully saturated rings. The molecule has 0 saturated carbocycles. The molecule has 41 heavy (non-hydrogen) atoms. The Balaban J connectivity index is 1.45. The third-order valence-electron chi connectivity index (χ3n) is 6.07. The van der Waals surface area contributed by atoms with Crippen LogP contribution in [0.2, 0.25) is 0 Å². The SMILES string of the molecule is CCOc1ccc(OCc2ccc(C(=O)Nc3c(C(N)=O)sc4nc(C(F)F)cc(-c5cn(C)nc5C)c34)o2)cc1. The molecule has 4 aromatic heterocycles. The topological polar surface area (TPSA) is 134 Å². The van der Waals surface area contributed by atoms with Crippen LogP contribution in [0.3, 0.4) is 0 Å². The third-order valence-corrected chi connectivity index (χ3v) is 7.17. The van der Waals surface area contributed by atoms with Gasteiger partial charge in [-0.1, -0.05) is 0 Å². The van der Waals surface area contributed by atoms with Crippen molar-refractivity contribution < 1.29 is 32.3 Å². The molecule has 0 saturated heterocycles. The van der Waals surface area contributed by atoms with Crippen LogP contribution in [0, 0.1) is 6.92 Å². The molecule has 0 aliphatic heterocycles. The second kappa shape index (κ2) is 11.4. The van der Waals surface area contributed by atoms with Crippen LogP contribution < -0.4 is 20.5 Å². The molecule has 5 aromatic rings. The van der Waals surface area contributed by atoms with Crippen LogP contribution in [-0.2, 0) is 13.7 Å². The van der Waals surface area contributed by atoms with Gasteiger partial charge < -0.3 is 24.9 Å². The number of anilines is 1. The average molecular weight is 582 g/mol. The summed E-state index contributed by atoms with van der Waals surface area (Å²) in [5, 5.41) is 7.29. The zero-order chi connectivity index (χ0) is 29.3. The zero-order valence-corrected chi connectivity index (χ0v) is 23.1. The van der Waals surface area contributed by atoms with Gasteiger partial charge in [0.05, 0.1) is 18.0 Å². The summed E-state index contributed by atoms with van der Waals surface area (Å²) in [5.74, 6) is 0.104. The van der Waals surface area contributed by atoms with Crippen molar-refractivity contribution >= 4 is 39.1 Å². The van der Waals surface area contributed by atoms with Crippen LogP contribution >= 0.6 is 11.3 Å². The highest BCUT2D eigenvalue weighted by Gasteiger charge is 2.27. The number of pyridine rings is 1. The first kappa shape index (κ1) is 27.8. The first-order valence-electron chi connectivity index (χ1n) is 12.5. The molecule has 0 radical (unpaired) electrons. The van der Waals surface area contributed by atoms with E-state index in [1.165, 1.54) is 12.1 Å². The maximum atomic E-state index is 13.7. The van der Waals surface area contributed by atoms with Crippen LogP contribution in [0.25, 0.3) is 21.3 Å². The van der Waals surface area contributed by atoms with E-state index in [0.717, 1.165) is 17.1 Å². The largest absolute Gasteiger partial charge is 0.494 e. The molecule has 0 unspecified atom stereocenters. The van der Waals surface area contributed by atoms with E-state index < -0.39 is 23.9 Å². The van der Waals surface area contributed by atoms with Gasteiger partial charge in [-0.05, 0) is 61.9 Å². The number of carbonyl (C=O) groups is 2. The number of aromatic nitrogens is 3. The van der Waals surface area contributed by atoms with Gasteiger partial charge in [0.25, 0.3) is 18.2 Å². The minimum Gasteiger partial charge on any atom is -0.494 e. The second-order valence-corrected chi connectivity index (χ2v) is 9.96. The van der Waals surface area contributed by atoms with Gasteiger partial charge in [-0.3, -0.25) is 14.3 Å².